The number of carbonyl (C=O) groups is 1. The SMILES string of the molecule is C[N+](CCOC(=O)OCCl)(Cc1ccc([N+](=O)[O-])cc1)Cc1ccc(Cl)c(Cl)c1. The minimum Gasteiger partial charge on any atom is -0.428 e. The molecule has 0 fully saturated rings. The van der Waals surface area contributed by atoms with Crippen LogP contribution in [0.5, 0.6) is 0 Å². The van der Waals surface area contributed by atoms with Crippen LogP contribution >= 0.6 is 34.8 Å². The van der Waals surface area contributed by atoms with Crippen LogP contribution in [0.15, 0.2) is 42.5 Å². The third-order valence-corrected chi connectivity index (χ3v) is 5.13. The second-order valence-electron chi connectivity index (χ2n) is 6.68. The summed E-state index contributed by atoms with van der Waals surface area (Å²) in [5.41, 5.74) is 1.88. The summed E-state index contributed by atoms with van der Waals surface area (Å²) in [5.74, 6) is 0. The van der Waals surface area contributed by atoms with Gasteiger partial charge in [-0.1, -0.05) is 40.9 Å². The van der Waals surface area contributed by atoms with Gasteiger partial charge in [0.15, 0.2) is 6.07 Å². The van der Waals surface area contributed by atoms with Crippen molar-refractivity contribution in [3.63, 3.8) is 0 Å². The van der Waals surface area contributed by atoms with Gasteiger partial charge < -0.3 is 14.0 Å². The molecule has 0 aromatic heterocycles. The number of nitro benzene ring substituents is 1. The summed E-state index contributed by atoms with van der Waals surface area (Å²) in [6.45, 7) is 1.70. The van der Waals surface area contributed by atoms with Gasteiger partial charge in [0.05, 0.1) is 22.0 Å². The summed E-state index contributed by atoms with van der Waals surface area (Å²) >= 11 is 17.5. The molecule has 29 heavy (non-hydrogen) atoms. The van der Waals surface area contributed by atoms with Crippen LogP contribution in [-0.2, 0) is 22.6 Å². The van der Waals surface area contributed by atoms with Crippen molar-refractivity contribution in [2.75, 3.05) is 26.3 Å². The number of hydrogen-bond donors (Lipinski definition) is 0. The van der Waals surface area contributed by atoms with Gasteiger partial charge in [0, 0.05) is 23.3 Å². The van der Waals surface area contributed by atoms with E-state index in [0.29, 0.717) is 34.2 Å². The molecule has 0 N–H and O–H groups in total. The zero-order valence-electron chi connectivity index (χ0n) is 15.6. The van der Waals surface area contributed by atoms with Crippen LogP contribution in [0.1, 0.15) is 11.1 Å². The number of quaternary nitrogens is 1. The highest BCUT2D eigenvalue weighted by Crippen LogP contribution is 2.25. The van der Waals surface area contributed by atoms with Crippen LogP contribution < -0.4 is 0 Å². The third-order valence-electron chi connectivity index (χ3n) is 4.28. The Morgan fingerprint density at radius 2 is 1.66 bits per heavy atom. The molecule has 0 aliphatic rings. The summed E-state index contributed by atoms with van der Waals surface area (Å²) in [5, 5.41) is 11.8. The predicted molar refractivity (Wildman–Crippen MR) is 111 cm³/mol. The fraction of sp³-hybridized carbons (Fsp3) is 0.316. The van der Waals surface area contributed by atoms with E-state index in [-0.39, 0.29) is 18.4 Å². The van der Waals surface area contributed by atoms with Crippen molar-refractivity contribution in [3.8, 4) is 0 Å². The highest BCUT2D eigenvalue weighted by atomic mass is 35.5. The van der Waals surface area contributed by atoms with E-state index < -0.39 is 11.1 Å². The average molecular weight is 463 g/mol. The van der Waals surface area contributed by atoms with Gasteiger partial charge in [-0.25, -0.2) is 4.79 Å². The number of likely N-dealkylation sites (N-methyl/N-ethyl adjacent to an activating group) is 1. The summed E-state index contributed by atoms with van der Waals surface area (Å²) in [6.07, 6.45) is -0.837. The van der Waals surface area contributed by atoms with Crippen molar-refractivity contribution in [3.05, 3.63) is 73.8 Å². The zero-order valence-corrected chi connectivity index (χ0v) is 17.9. The number of carbonyl (C=O) groups excluding carboxylic acids is 1. The van der Waals surface area contributed by atoms with Crippen molar-refractivity contribution < 1.29 is 23.7 Å². The van der Waals surface area contributed by atoms with Crippen molar-refractivity contribution in [2.24, 2.45) is 0 Å². The second-order valence-corrected chi connectivity index (χ2v) is 7.72. The first-order chi connectivity index (χ1) is 13.7. The van der Waals surface area contributed by atoms with E-state index in [1.165, 1.54) is 12.1 Å². The molecule has 0 aliphatic carbocycles. The first-order valence-electron chi connectivity index (χ1n) is 8.59. The lowest BCUT2D eigenvalue weighted by Gasteiger charge is -2.34. The van der Waals surface area contributed by atoms with Crippen LogP contribution in [0, 0.1) is 10.1 Å². The summed E-state index contributed by atoms with van der Waals surface area (Å²) in [4.78, 5) is 21.8. The van der Waals surface area contributed by atoms with E-state index in [2.05, 4.69) is 4.74 Å². The quantitative estimate of drug-likeness (QED) is 0.164. The molecule has 2 rings (SSSR count). The van der Waals surface area contributed by atoms with Gasteiger partial charge in [0.25, 0.3) is 5.69 Å². The van der Waals surface area contributed by atoms with Crippen LogP contribution in [0.25, 0.3) is 0 Å². The van der Waals surface area contributed by atoms with E-state index in [4.69, 9.17) is 39.5 Å². The molecule has 7 nitrogen and oxygen atoms in total. The van der Waals surface area contributed by atoms with Gasteiger partial charge in [-0.3, -0.25) is 10.1 Å². The molecular weight excluding hydrogens is 443 g/mol. The predicted octanol–water partition coefficient (Wildman–Crippen LogP) is 5.40. The van der Waals surface area contributed by atoms with E-state index in [0.717, 1.165) is 11.1 Å². The maximum atomic E-state index is 11.4. The maximum absolute atomic E-state index is 11.4. The summed E-state index contributed by atoms with van der Waals surface area (Å²) < 4.78 is 10.1. The van der Waals surface area contributed by atoms with Crippen molar-refractivity contribution in [2.45, 2.75) is 13.1 Å². The lowest BCUT2D eigenvalue weighted by molar-refractivity contribution is -0.935. The smallest absolute Gasteiger partial charge is 0.428 e. The lowest BCUT2D eigenvalue weighted by atomic mass is 10.1. The van der Waals surface area contributed by atoms with Gasteiger partial charge in [0.1, 0.15) is 26.2 Å². The third kappa shape index (κ3) is 7.36. The number of ether oxygens (including phenoxy) is 2. The zero-order chi connectivity index (χ0) is 21.4. The molecule has 0 spiro atoms. The molecule has 156 valence electrons. The topological polar surface area (TPSA) is 78.7 Å². The molecule has 2 aromatic carbocycles. The van der Waals surface area contributed by atoms with E-state index in [9.17, 15) is 14.9 Å². The monoisotopic (exact) mass is 461 g/mol. The molecular formula is C19H20Cl3N2O5+. The number of rotatable bonds is 9. The molecule has 1 unspecified atom stereocenters. The molecule has 10 heteroatoms. The number of halogens is 3. The highest BCUT2D eigenvalue weighted by molar-refractivity contribution is 6.42. The van der Waals surface area contributed by atoms with Gasteiger partial charge in [-0.15, -0.1) is 0 Å². The van der Waals surface area contributed by atoms with Gasteiger partial charge in [-0.2, -0.15) is 0 Å². The summed E-state index contributed by atoms with van der Waals surface area (Å²) in [6, 6.07) is 11.5. The van der Waals surface area contributed by atoms with E-state index in [1.807, 2.05) is 13.1 Å². The minimum atomic E-state index is -0.837. The molecule has 0 radical (unpaired) electrons. The number of alkyl halides is 1. The number of benzene rings is 2. The number of nitrogens with zero attached hydrogens (tertiary/aromatic N) is 2. The Hall–Kier alpha value is -2.06. The molecule has 0 saturated heterocycles. The van der Waals surface area contributed by atoms with Crippen molar-refractivity contribution in [1.29, 1.82) is 0 Å². The van der Waals surface area contributed by atoms with Gasteiger partial charge in [0.2, 0.25) is 0 Å². The fourth-order valence-electron chi connectivity index (χ4n) is 2.89. The molecule has 0 aliphatic heterocycles. The Morgan fingerprint density at radius 1 is 1.03 bits per heavy atom. The Bertz CT molecular complexity index is 863. The molecule has 0 heterocycles. The highest BCUT2D eigenvalue weighted by Gasteiger charge is 2.24. The normalized spacial score (nSPS) is 12.8. The van der Waals surface area contributed by atoms with Crippen molar-refractivity contribution in [1.82, 2.24) is 0 Å². The van der Waals surface area contributed by atoms with E-state index in [1.54, 1.807) is 24.3 Å². The van der Waals surface area contributed by atoms with Crippen LogP contribution in [-0.4, -0.2) is 41.8 Å². The Balaban J connectivity index is 2.17. The first-order valence-corrected chi connectivity index (χ1v) is 9.88. The minimum absolute atomic E-state index is 0.0274. The molecule has 0 bridgehead atoms. The Kier molecular flexibility index (Phi) is 8.52. The lowest BCUT2D eigenvalue weighted by Crippen LogP contribution is -2.45. The standard InChI is InChI=1S/C19H20Cl3N2O5/c1-24(8-9-28-19(25)29-13-20,12-15-4-7-17(21)18(22)10-15)11-14-2-5-16(6-3-14)23(26)27/h2-7,10H,8-9,11-13H2,1H3/q+1. The largest absolute Gasteiger partial charge is 0.509 e. The molecule has 0 amide bonds. The van der Waals surface area contributed by atoms with Gasteiger partial charge >= 0.3 is 6.16 Å². The molecule has 0 saturated carbocycles. The van der Waals surface area contributed by atoms with Crippen LogP contribution in [0.4, 0.5) is 10.5 Å². The number of non-ortho nitro benzene ring substituents is 1. The fourth-order valence-corrected chi connectivity index (χ4v) is 3.30. The Labute approximate surface area is 183 Å². The molecule has 2 aromatic rings. The van der Waals surface area contributed by atoms with E-state index >= 15 is 0 Å². The maximum Gasteiger partial charge on any atom is 0.509 e. The molecule has 1 atom stereocenters. The average Bonchev–Trinajstić information content (AvgIpc) is 2.65. The first kappa shape index (κ1) is 23.2. The van der Waals surface area contributed by atoms with Crippen LogP contribution in [0.3, 0.4) is 0 Å². The summed E-state index contributed by atoms with van der Waals surface area (Å²) in [7, 11) is 1.99. The van der Waals surface area contributed by atoms with Crippen LogP contribution in [0.2, 0.25) is 10.0 Å². The second kappa shape index (κ2) is 10.6. The Morgan fingerprint density at radius 3 is 2.24 bits per heavy atom. The number of hydrogen-bond acceptors (Lipinski definition) is 5. The van der Waals surface area contributed by atoms with Crippen molar-refractivity contribution >= 4 is 46.6 Å². The van der Waals surface area contributed by atoms with Gasteiger partial charge in [-0.05, 0) is 24.3 Å². The number of nitro groups is 1.